The summed E-state index contributed by atoms with van der Waals surface area (Å²) in [7, 11) is 4.57. The number of amides is 3. The molecule has 1 aromatic heterocycles. The topological polar surface area (TPSA) is 114 Å². The third-order valence-corrected chi connectivity index (χ3v) is 5.37. The Bertz CT molecular complexity index is 969. The van der Waals surface area contributed by atoms with Gasteiger partial charge in [0, 0.05) is 31.5 Å². The number of imide groups is 1. The van der Waals surface area contributed by atoms with Gasteiger partial charge in [0.15, 0.2) is 11.5 Å². The first-order chi connectivity index (χ1) is 14.5. The van der Waals surface area contributed by atoms with Crippen LogP contribution in [0.4, 0.5) is 0 Å². The van der Waals surface area contributed by atoms with E-state index in [1.54, 1.807) is 23.1 Å². The number of hydrogen-bond donors (Lipinski definition) is 1. The van der Waals surface area contributed by atoms with E-state index in [9.17, 15) is 14.4 Å². The molecule has 1 aromatic carbocycles. The number of nitrogens with one attached hydrogen (secondary N) is 1. The van der Waals surface area contributed by atoms with Gasteiger partial charge in [0.2, 0.25) is 17.6 Å². The van der Waals surface area contributed by atoms with Gasteiger partial charge in [0.1, 0.15) is 5.69 Å². The van der Waals surface area contributed by atoms with Crippen LogP contribution in [0.2, 0.25) is 0 Å². The van der Waals surface area contributed by atoms with Crippen molar-refractivity contribution >= 4 is 17.7 Å². The molecule has 0 aliphatic carbocycles. The Labute approximate surface area is 172 Å². The Kier molecular flexibility index (Phi) is 5.06. The van der Waals surface area contributed by atoms with Gasteiger partial charge in [-0.15, -0.1) is 0 Å². The summed E-state index contributed by atoms with van der Waals surface area (Å²) < 4.78 is 16.0. The Balaban J connectivity index is 1.49. The number of carbonyl (C=O) groups excluding carboxylic acids is 3. The molecule has 2 aliphatic rings. The second-order valence-electron chi connectivity index (χ2n) is 7.10. The Morgan fingerprint density at radius 3 is 2.13 bits per heavy atom. The number of rotatable bonds is 6. The van der Waals surface area contributed by atoms with Gasteiger partial charge >= 0.3 is 0 Å². The van der Waals surface area contributed by atoms with Gasteiger partial charge in [-0.25, -0.2) is 0 Å². The molecule has 2 aromatic rings. The molecule has 0 atom stereocenters. The van der Waals surface area contributed by atoms with Gasteiger partial charge in [-0.3, -0.25) is 24.4 Å². The third kappa shape index (κ3) is 3.23. The quantitative estimate of drug-likeness (QED) is 0.704. The maximum absolute atomic E-state index is 12.7. The Morgan fingerprint density at radius 1 is 1.00 bits per heavy atom. The van der Waals surface area contributed by atoms with Crippen LogP contribution >= 0.6 is 0 Å². The minimum atomic E-state index is -0.242. The highest BCUT2D eigenvalue weighted by atomic mass is 16.5. The molecule has 10 heteroatoms. The Hall–Kier alpha value is -3.56. The summed E-state index contributed by atoms with van der Waals surface area (Å²) in [5.74, 6) is 0.859. The highest BCUT2D eigenvalue weighted by molar-refractivity contribution is 6.03. The lowest BCUT2D eigenvalue weighted by Crippen LogP contribution is -2.62. The summed E-state index contributed by atoms with van der Waals surface area (Å²) in [6.45, 7) is 0.656. The summed E-state index contributed by atoms with van der Waals surface area (Å²) in [6.07, 6.45) is 0.504. The van der Waals surface area contributed by atoms with E-state index in [-0.39, 0.29) is 36.6 Å². The summed E-state index contributed by atoms with van der Waals surface area (Å²) in [5.41, 5.74) is 1.55. The van der Waals surface area contributed by atoms with Crippen LogP contribution in [0.1, 0.15) is 23.3 Å². The molecule has 3 amide bonds. The lowest BCUT2D eigenvalue weighted by Gasteiger charge is -2.42. The first-order valence-corrected chi connectivity index (χ1v) is 9.46. The minimum absolute atomic E-state index is 0.164. The number of hydrogen-bond acceptors (Lipinski definition) is 7. The van der Waals surface area contributed by atoms with Crippen LogP contribution in [0.15, 0.2) is 18.2 Å². The summed E-state index contributed by atoms with van der Waals surface area (Å²) in [5, 5.41) is 6.99. The lowest BCUT2D eigenvalue weighted by atomic mass is 10.1. The van der Waals surface area contributed by atoms with Gasteiger partial charge in [-0.1, -0.05) is 0 Å². The summed E-state index contributed by atoms with van der Waals surface area (Å²) in [4.78, 5) is 39.3. The number of carbonyl (C=O) groups is 3. The molecule has 2 saturated heterocycles. The molecule has 2 aliphatic heterocycles. The predicted octanol–water partition coefficient (Wildman–Crippen LogP) is 1.08. The minimum Gasteiger partial charge on any atom is -0.493 e. The van der Waals surface area contributed by atoms with Crippen LogP contribution in [0.3, 0.4) is 0 Å². The monoisotopic (exact) mass is 414 g/mol. The second-order valence-corrected chi connectivity index (χ2v) is 7.10. The van der Waals surface area contributed by atoms with Crippen molar-refractivity contribution in [3.8, 4) is 28.5 Å². The zero-order valence-corrected chi connectivity index (χ0v) is 16.9. The SMILES string of the molecule is COc1cc(-c2cc(C(=O)N3CC(N4C(=O)CCC4=O)C3)[nH]n2)cc(OC)c1OC. The van der Waals surface area contributed by atoms with E-state index in [1.807, 2.05) is 0 Å². The number of benzene rings is 1. The maximum atomic E-state index is 12.7. The van der Waals surface area contributed by atoms with E-state index in [1.165, 1.54) is 26.2 Å². The van der Waals surface area contributed by atoms with E-state index in [4.69, 9.17) is 14.2 Å². The normalized spacial score (nSPS) is 16.6. The Morgan fingerprint density at radius 2 is 1.60 bits per heavy atom. The largest absolute Gasteiger partial charge is 0.493 e. The molecule has 30 heavy (non-hydrogen) atoms. The molecule has 0 bridgehead atoms. The van der Waals surface area contributed by atoms with Gasteiger partial charge in [0.05, 0.1) is 33.1 Å². The number of methoxy groups -OCH3 is 3. The van der Waals surface area contributed by atoms with E-state index >= 15 is 0 Å². The fraction of sp³-hybridized carbons (Fsp3) is 0.400. The zero-order valence-electron chi connectivity index (χ0n) is 16.9. The van der Waals surface area contributed by atoms with Crippen molar-refractivity contribution < 1.29 is 28.6 Å². The average Bonchev–Trinajstić information content (AvgIpc) is 3.34. The maximum Gasteiger partial charge on any atom is 0.272 e. The molecule has 158 valence electrons. The van der Waals surface area contributed by atoms with Crippen molar-refractivity contribution in [2.24, 2.45) is 0 Å². The van der Waals surface area contributed by atoms with Crippen molar-refractivity contribution in [2.45, 2.75) is 18.9 Å². The fourth-order valence-corrected chi connectivity index (χ4v) is 3.76. The molecule has 4 rings (SSSR count). The first kappa shape index (κ1) is 19.7. The number of likely N-dealkylation sites (tertiary alicyclic amines) is 2. The van der Waals surface area contributed by atoms with Crippen molar-refractivity contribution in [3.63, 3.8) is 0 Å². The van der Waals surface area contributed by atoms with Crippen LogP contribution < -0.4 is 14.2 Å². The van der Waals surface area contributed by atoms with E-state index in [0.29, 0.717) is 47.3 Å². The number of aromatic nitrogens is 2. The molecule has 0 saturated carbocycles. The lowest BCUT2D eigenvalue weighted by molar-refractivity contribution is -0.144. The highest BCUT2D eigenvalue weighted by Crippen LogP contribution is 2.41. The molecule has 3 heterocycles. The zero-order chi connectivity index (χ0) is 21.4. The van der Waals surface area contributed by atoms with Gasteiger partial charge in [0.25, 0.3) is 5.91 Å². The van der Waals surface area contributed by atoms with Crippen molar-refractivity contribution in [2.75, 3.05) is 34.4 Å². The molecule has 1 N–H and O–H groups in total. The number of H-pyrrole nitrogens is 1. The second kappa shape index (κ2) is 7.69. The van der Waals surface area contributed by atoms with Crippen molar-refractivity contribution in [1.82, 2.24) is 20.0 Å². The fourth-order valence-electron chi connectivity index (χ4n) is 3.76. The molecule has 2 fully saturated rings. The molecule has 0 unspecified atom stereocenters. The third-order valence-electron chi connectivity index (χ3n) is 5.37. The van der Waals surface area contributed by atoms with E-state index in [2.05, 4.69) is 10.2 Å². The molecular weight excluding hydrogens is 392 g/mol. The van der Waals surface area contributed by atoms with Crippen LogP contribution in [-0.4, -0.2) is 78.2 Å². The summed E-state index contributed by atoms with van der Waals surface area (Å²) >= 11 is 0. The molecule has 0 spiro atoms. The number of ether oxygens (including phenoxy) is 3. The van der Waals surface area contributed by atoms with E-state index in [0.717, 1.165) is 0 Å². The van der Waals surface area contributed by atoms with Crippen LogP contribution in [0.25, 0.3) is 11.3 Å². The van der Waals surface area contributed by atoms with Crippen molar-refractivity contribution in [3.05, 3.63) is 23.9 Å². The number of aromatic amines is 1. The molecular formula is C20H22N4O6. The average molecular weight is 414 g/mol. The smallest absolute Gasteiger partial charge is 0.272 e. The molecule has 10 nitrogen and oxygen atoms in total. The predicted molar refractivity (Wildman–Crippen MR) is 104 cm³/mol. The highest BCUT2D eigenvalue weighted by Gasteiger charge is 2.43. The van der Waals surface area contributed by atoms with E-state index < -0.39 is 0 Å². The molecule has 0 radical (unpaired) electrons. The van der Waals surface area contributed by atoms with Gasteiger partial charge in [-0.05, 0) is 18.2 Å². The summed E-state index contributed by atoms with van der Waals surface area (Å²) in [6, 6.07) is 4.89. The first-order valence-electron chi connectivity index (χ1n) is 9.46. The number of nitrogens with zero attached hydrogens (tertiary/aromatic N) is 3. The van der Waals surface area contributed by atoms with Crippen LogP contribution in [0, 0.1) is 0 Å². The van der Waals surface area contributed by atoms with Gasteiger partial charge in [-0.2, -0.15) is 5.10 Å². The van der Waals surface area contributed by atoms with Crippen molar-refractivity contribution in [1.29, 1.82) is 0 Å². The van der Waals surface area contributed by atoms with Crippen LogP contribution in [-0.2, 0) is 9.59 Å². The van der Waals surface area contributed by atoms with Gasteiger partial charge < -0.3 is 19.1 Å². The van der Waals surface area contributed by atoms with Crippen LogP contribution in [0.5, 0.6) is 17.2 Å². The standard InChI is InChI=1S/C20H22N4O6/c1-28-15-6-11(7-16(29-2)19(15)30-3)13-8-14(22-21-13)20(27)23-9-12(10-23)24-17(25)4-5-18(24)26/h6-8,12H,4-5,9-10H2,1-3H3,(H,21,22).